The highest BCUT2D eigenvalue weighted by Crippen LogP contribution is 2.39. The van der Waals surface area contributed by atoms with Crippen LogP contribution in [0.4, 0.5) is 27.1 Å². The molecule has 1 aliphatic heterocycles. The molecule has 0 saturated carbocycles. The van der Waals surface area contributed by atoms with E-state index < -0.39 is 30.6 Å². The lowest BCUT2D eigenvalue weighted by Crippen LogP contribution is -2.17. The normalized spacial score (nSPS) is 13.6. The fourth-order valence-electron chi connectivity index (χ4n) is 3.44. The van der Waals surface area contributed by atoms with E-state index >= 15 is 0 Å². The van der Waals surface area contributed by atoms with Gasteiger partial charge in [0, 0.05) is 12.0 Å². The van der Waals surface area contributed by atoms with E-state index in [9.17, 15) is 27.1 Å². The number of nitrogens with zero attached hydrogens (tertiary/aromatic N) is 3. The number of nitrogens with one attached hydrogen (secondary N) is 1. The predicted octanol–water partition coefficient (Wildman–Crippen LogP) is 3.96. The number of ether oxygens (including phenoxy) is 1. The number of halogens is 5. The molecule has 12 heteroatoms. The maximum absolute atomic E-state index is 13.8. The first kappa shape index (κ1) is 23.6. The van der Waals surface area contributed by atoms with Crippen LogP contribution >= 0.6 is 11.3 Å². The van der Waals surface area contributed by atoms with Crippen LogP contribution in [0.2, 0.25) is 0 Å². The van der Waals surface area contributed by atoms with E-state index in [1.807, 2.05) is 0 Å². The summed E-state index contributed by atoms with van der Waals surface area (Å²) in [7, 11) is 1.27. The molecular weight excluding hydrogens is 479 g/mol. The van der Waals surface area contributed by atoms with Gasteiger partial charge >= 0.3 is 6.18 Å². The molecule has 2 N–H and O–H groups in total. The van der Waals surface area contributed by atoms with Gasteiger partial charge in [-0.05, 0) is 40.6 Å². The van der Waals surface area contributed by atoms with Crippen molar-refractivity contribution in [3.05, 3.63) is 68.5 Å². The molecule has 6 nitrogen and oxygen atoms in total. The summed E-state index contributed by atoms with van der Waals surface area (Å²) in [4.78, 5) is 4.02. The number of fused-ring (bicyclic) bond motifs is 1. The molecule has 34 heavy (non-hydrogen) atoms. The Labute approximate surface area is 193 Å². The molecule has 2 aromatic carbocycles. The molecule has 0 unspecified atom stereocenters. The lowest BCUT2D eigenvalue weighted by atomic mass is 9.96. The maximum Gasteiger partial charge on any atom is 0.416 e. The molecule has 0 amide bonds. The van der Waals surface area contributed by atoms with E-state index in [0.29, 0.717) is 21.7 Å². The zero-order valence-corrected chi connectivity index (χ0v) is 18.3. The van der Waals surface area contributed by atoms with Crippen molar-refractivity contribution in [2.24, 2.45) is 10.2 Å². The number of methoxy groups -OCH3 is 1. The molecule has 0 fully saturated rings. The molecule has 178 valence electrons. The number of aromatic hydroxyl groups is 1. The quantitative estimate of drug-likeness (QED) is 0.486. The summed E-state index contributed by atoms with van der Waals surface area (Å²) in [6, 6.07) is 8.62. The van der Waals surface area contributed by atoms with Crippen LogP contribution in [0.25, 0.3) is 5.57 Å². The summed E-state index contributed by atoms with van der Waals surface area (Å²) in [5, 5.41) is 21.8. The monoisotopic (exact) mass is 496 g/mol. The van der Waals surface area contributed by atoms with Gasteiger partial charge in [-0.3, -0.25) is 0 Å². The van der Waals surface area contributed by atoms with Crippen LogP contribution in [0, 0.1) is 0 Å². The second-order valence-electron chi connectivity index (χ2n) is 7.24. The third-order valence-electron chi connectivity index (χ3n) is 5.02. The number of thiazole rings is 1. The van der Waals surface area contributed by atoms with Gasteiger partial charge in [0.15, 0.2) is 5.13 Å². The summed E-state index contributed by atoms with van der Waals surface area (Å²) in [5.41, 5.74) is 0.0406. The van der Waals surface area contributed by atoms with Crippen molar-refractivity contribution >= 4 is 28.3 Å². The minimum absolute atomic E-state index is 0.0220. The molecule has 0 aliphatic carbocycles. The first-order valence-corrected chi connectivity index (χ1v) is 10.7. The molecule has 0 atom stereocenters. The van der Waals surface area contributed by atoms with Gasteiger partial charge in [-0.1, -0.05) is 23.5 Å². The highest BCUT2D eigenvalue weighted by molar-refractivity contribution is 7.16. The lowest BCUT2D eigenvalue weighted by molar-refractivity contribution is -0.138. The van der Waals surface area contributed by atoms with Crippen molar-refractivity contribution in [3.8, 4) is 11.6 Å². The van der Waals surface area contributed by atoms with Crippen molar-refractivity contribution in [2.45, 2.75) is 19.0 Å². The van der Waals surface area contributed by atoms with E-state index in [1.165, 1.54) is 25.5 Å². The molecule has 1 aliphatic rings. The molecule has 1 aromatic heterocycles. The SMILES string of the molecule is COc1ccc(CC(c2sc(NCC(F)F)nc2O)=c2ccc3c(c2)C=NN=3)c(C(F)(F)F)c1. The van der Waals surface area contributed by atoms with Crippen LogP contribution in [-0.2, 0) is 12.6 Å². The summed E-state index contributed by atoms with van der Waals surface area (Å²) < 4.78 is 71.6. The van der Waals surface area contributed by atoms with Crippen LogP contribution < -0.4 is 20.6 Å². The van der Waals surface area contributed by atoms with Gasteiger partial charge in [0.1, 0.15) is 5.75 Å². The van der Waals surface area contributed by atoms with Crippen LogP contribution in [-0.4, -0.2) is 36.4 Å². The zero-order chi connectivity index (χ0) is 24.5. The third kappa shape index (κ3) is 5.01. The van der Waals surface area contributed by atoms with Crippen LogP contribution in [0.5, 0.6) is 11.6 Å². The Hall–Kier alpha value is -3.54. The van der Waals surface area contributed by atoms with Crippen molar-refractivity contribution < 1.29 is 31.8 Å². The van der Waals surface area contributed by atoms with E-state index in [0.717, 1.165) is 17.4 Å². The third-order valence-corrected chi connectivity index (χ3v) is 6.08. The number of hydrogen-bond acceptors (Lipinski definition) is 7. The van der Waals surface area contributed by atoms with Crippen molar-refractivity contribution in [2.75, 3.05) is 19.0 Å². The highest BCUT2D eigenvalue weighted by atomic mass is 32.1. The molecule has 0 radical (unpaired) electrons. The Morgan fingerprint density at radius 1 is 1.18 bits per heavy atom. The summed E-state index contributed by atoms with van der Waals surface area (Å²) >= 11 is 0.872. The van der Waals surface area contributed by atoms with Crippen LogP contribution in [0.15, 0.2) is 46.6 Å². The molecule has 4 rings (SSSR count). The van der Waals surface area contributed by atoms with Crippen molar-refractivity contribution in [1.82, 2.24) is 4.98 Å². The lowest BCUT2D eigenvalue weighted by Gasteiger charge is -2.15. The van der Waals surface area contributed by atoms with E-state index in [-0.39, 0.29) is 27.7 Å². The molecular formula is C22H17F5N4O2S. The maximum atomic E-state index is 13.8. The predicted molar refractivity (Wildman–Crippen MR) is 117 cm³/mol. The molecule has 0 bridgehead atoms. The smallest absolute Gasteiger partial charge is 0.416 e. The van der Waals surface area contributed by atoms with Crippen molar-refractivity contribution in [1.29, 1.82) is 0 Å². The average Bonchev–Trinajstić information content (AvgIpc) is 3.41. The molecule has 0 spiro atoms. The number of anilines is 1. The average molecular weight is 496 g/mol. The van der Waals surface area contributed by atoms with E-state index in [1.54, 1.807) is 18.2 Å². The van der Waals surface area contributed by atoms with Gasteiger partial charge in [0.05, 0.1) is 35.7 Å². The Bertz CT molecular complexity index is 1370. The summed E-state index contributed by atoms with van der Waals surface area (Å²) in [6.45, 7) is -0.685. The number of benzene rings is 2. The topological polar surface area (TPSA) is 79.1 Å². The summed E-state index contributed by atoms with van der Waals surface area (Å²) in [6.07, 6.45) is -6.02. The van der Waals surface area contributed by atoms with Crippen LogP contribution in [0.1, 0.15) is 21.6 Å². The molecule has 3 aromatic rings. The van der Waals surface area contributed by atoms with Gasteiger partial charge in [-0.25, -0.2) is 8.78 Å². The fraction of sp³-hybridized carbons (Fsp3) is 0.227. The Morgan fingerprint density at radius 2 is 1.97 bits per heavy atom. The number of alkyl halides is 5. The second-order valence-corrected chi connectivity index (χ2v) is 8.24. The van der Waals surface area contributed by atoms with E-state index in [4.69, 9.17) is 4.74 Å². The zero-order valence-electron chi connectivity index (χ0n) is 17.5. The standard InChI is InChI=1S/C22H17F5N4O2S/c1-33-14-4-2-12(16(8-14)22(25,26)27)7-15(11-3-5-17-13(6-11)9-29-31-17)19-20(32)30-21(34-19)28-10-18(23)24/h2-6,8-9,18,32H,7,10H2,1H3,(H,28,30). The molecule has 0 saturated heterocycles. The van der Waals surface area contributed by atoms with E-state index in [2.05, 4.69) is 20.5 Å². The number of aromatic nitrogens is 1. The van der Waals surface area contributed by atoms with Gasteiger partial charge in [0.2, 0.25) is 5.88 Å². The first-order chi connectivity index (χ1) is 16.2. The summed E-state index contributed by atoms with van der Waals surface area (Å²) in [5.74, 6) is -0.426. The van der Waals surface area contributed by atoms with Gasteiger partial charge in [-0.2, -0.15) is 28.4 Å². The Kier molecular flexibility index (Phi) is 6.51. The van der Waals surface area contributed by atoms with Gasteiger partial charge in [0.25, 0.3) is 6.43 Å². The van der Waals surface area contributed by atoms with Crippen LogP contribution in [0.3, 0.4) is 0 Å². The second kappa shape index (κ2) is 9.37. The Balaban J connectivity index is 1.88. The minimum Gasteiger partial charge on any atom is -0.497 e. The fourth-order valence-corrected chi connectivity index (χ4v) is 4.37. The number of hydrogen-bond donors (Lipinski definition) is 2. The highest BCUT2D eigenvalue weighted by Gasteiger charge is 2.34. The first-order valence-electron chi connectivity index (χ1n) is 9.86. The molecule has 2 heterocycles. The van der Waals surface area contributed by atoms with Gasteiger partial charge < -0.3 is 15.2 Å². The minimum atomic E-state index is -4.65. The number of rotatable bonds is 7. The largest absolute Gasteiger partial charge is 0.497 e. The van der Waals surface area contributed by atoms with Crippen molar-refractivity contribution in [3.63, 3.8) is 0 Å². The van der Waals surface area contributed by atoms with Gasteiger partial charge in [-0.15, -0.1) is 0 Å². The Morgan fingerprint density at radius 3 is 2.68 bits per heavy atom.